The summed E-state index contributed by atoms with van der Waals surface area (Å²) in [7, 11) is 0. The molecule has 0 atom stereocenters. The number of Topliss-reactive ketones (excluding diaryl/α,β-unsaturated/α-hetero) is 2. The van der Waals surface area contributed by atoms with Crippen LogP contribution >= 0.6 is 0 Å². The zero-order valence-electron chi connectivity index (χ0n) is 16.4. The third-order valence-electron chi connectivity index (χ3n) is 5.11. The van der Waals surface area contributed by atoms with E-state index in [1.165, 1.54) is 5.56 Å². The lowest BCUT2D eigenvalue weighted by atomic mass is 9.90. The van der Waals surface area contributed by atoms with Crippen molar-refractivity contribution in [1.82, 2.24) is 0 Å². The molecule has 1 heterocycles. The van der Waals surface area contributed by atoms with Crippen molar-refractivity contribution in [2.24, 2.45) is 0 Å². The summed E-state index contributed by atoms with van der Waals surface area (Å²) in [6.45, 7) is 2.18. The Labute approximate surface area is 170 Å². The molecule has 1 aliphatic rings. The van der Waals surface area contributed by atoms with Crippen molar-refractivity contribution in [2.75, 3.05) is 5.32 Å². The predicted molar refractivity (Wildman–Crippen MR) is 114 cm³/mol. The van der Waals surface area contributed by atoms with Gasteiger partial charge >= 0.3 is 0 Å². The first-order chi connectivity index (χ1) is 14.2. The molecule has 0 spiro atoms. The Kier molecular flexibility index (Phi) is 5.34. The molecule has 4 nitrogen and oxygen atoms in total. The number of carbonyl (C=O) groups excluding carboxylic acids is 2. The van der Waals surface area contributed by atoms with Gasteiger partial charge in [-0.15, -0.1) is 0 Å². The molecule has 0 aliphatic heterocycles. The summed E-state index contributed by atoms with van der Waals surface area (Å²) in [5.74, 6) is -0.347. The van der Waals surface area contributed by atoms with Gasteiger partial charge in [0.25, 0.3) is 11.5 Å². The van der Waals surface area contributed by atoms with Crippen LogP contribution in [-0.2, 0) is 6.42 Å². The molecule has 0 saturated heterocycles. The maximum absolute atomic E-state index is 13.3. The van der Waals surface area contributed by atoms with Crippen LogP contribution < -0.4 is 9.88 Å². The first kappa shape index (κ1) is 18.8. The van der Waals surface area contributed by atoms with E-state index in [1.807, 2.05) is 30.3 Å². The van der Waals surface area contributed by atoms with Crippen molar-refractivity contribution in [2.45, 2.75) is 26.2 Å². The number of hydrogen-bond donors (Lipinski definition) is 1. The van der Waals surface area contributed by atoms with E-state index in [1.54, 1.807) is 41.2 Å². The van der Waals surface area contributed by atoms with E-state index in [0.717, 1.165) is 24.9 Å². The molecule has 0 radical (unpaired) electrons. The number of nitrogens with one attached hydrogen (secondary N) is 1. The van der Waals surface area contributed by atoms with Gasteiger partial charge in [0.1, 0.15) is 0 Å². The average molecular weight is 383 g/mol. The molecule has 4 heteroatoms. The second kappa shape index (κ2) is 8.23. The maximum atomic E-state index is 13.3. The fraction of sp³-hybridized carbons (Fsp3) is 0.160. The van der Waals surface area contributed by atoms with Crippen LogP contribution in [0.1, 0.15) is 46.0 Å². The fourth-order valence-electron chi connectivity index (χ4n) is 3.55. The van der Waals surface area contributed by atoms with E-state index < -0.39 is 0 Å². The van der Waals surface area contributed by atoms with Gasteiger partial charge in [-0.3, -0.25) is 9.59 Å². The lowest BCUT2D eigenvalue weighted by Crippen LogP contribution is -2.41. The molecule has 3 aromatic rings. The Bertz CT molecular complexity index is 1080. The number of ketones is 2. The van der Waals surface area contributed by atoms with Gasteiger partial charge in [-0.05, 0) is 30.5 Å². The van der Waals surface area contributed by atoms with Gasteiger partial charge in [0.15, 0.2) is 18.1 Å². The van der Waals surface area contributed by atoms with Crippen molar-refractivity contribution in [3.63, 3.8) is 0 Å². The van der Waals surface area contributed by atoms with Crippen LogP contribution in [-0.4, -0.2) is 11.6 Å². The standard InChI is InChI=1S/C25H22N2O2/c1-2-3-9-18-12-14-19(15-13-18)26-22-23(27-16-7-4-8-17-27)25(29)21-11-6-5-10-20(21)24(22)28/h4-8,10-17H,2-3,9H2,1H3/p+1. The van der Waals surface area contributed by atoms with Crippen molar-refractivity contribution in [1.29, 1.82) is 0 Å². The highest BCUT2D eigenvalue weighted by molar-refractivity contribution is 6.36. The molecular weight excluding hydrogens is 360 g/mol. The number of fused-ring (bicyclic) bond motifs is 1. The number of anilines is 1. The largest absolute Gasteiger partial charge is 0.347 e. The number of aryl methyl sites for hydroxylation is 1. The number of benzene rings is 2. The maximum Gasteiger partial charge on any atom is 0.286 e. The topological polar surface area (TPSA) is 50.1 Å². The molecule has 0 bridgehead atoms. The highest BCUT2D eigenvalue weighted by Crippen LogP contribution is 2.27. The van der Waals surface area contributed by atoms with Crippen molar-refractivity contribution >= 4 is 23.0 Å². The lowest BCUT2D eigenvalue weighted by molar-refractivity contribution is -0.577. The van der Waals surface area contributed by atoms with Crippen LogP contribution in [0, 0.1) is 0 Å². The first-order valence-electron chi connectivity index (χ1n) is 9.94. The lowest BCUT2D eigenvalue weighted by Gasteiger charge is -2.18. The summed E-state index contributed by atoms with van der Waals surface area (Å²) >= 11 is 0. The summed E-state index contributed by atoms with van der Waals surface area (Å²) in [5.41, 5.74) is 3.55. The smallest absolute Gasteiger partial charge is 0.286 e. The van der Waals surface area contributed by atoms with E-state index in [9.17, 15) is 9.59 Å². The Morgan fingerprint density at radius 2 is 1.45 bits per heavy atom. The number of pyridine rings is 1. The minimum absolute atomic E-state index is 0.168. The van der Waals surface area contributed by atoms with Crippen LogP contribution in [0.5, 0.6) is 0 Å². The molecule has 0 fully saturated rings. The number of unbranched alkanes of at least 4 members (excludes halogenated alkanes) is 1. The highest BCUT2D eigenvalue weighted by atomic mass is 16.1. The summed E-state index contributed by atoms with van der Waals surface area (Å²) in [6, 6.07) is 20.6. The van der Waals surface area contributed by atoms with Gasteiger partial charge in [0.05, 0.1) is 0 Å². The molecule has 0 amide bonds. The molecule has 2 aromatic carbocycles. The zero-order valence-corrected chi connectivity index (χ0v) is 16.4. The second-order valence-corrected chi connectivity index (χ2v) is 7.14. The summed E-state index contributed by atoms with van der Waals surface area (Å²) in [5, 5.41) is 3.22. The number of carbonyl (C=O) groups is 2. The van der Waals surface area contributed by atoms with Gasteiger partial charge in [0, 0.05) is 28.9 Å². The van der Waals surface area contributed by atoms with Gasteiger partial charge in [-0.25, -0.2) is 0 Å². The number of aromatic nitrogens is 1. The molecule has 4 rings (SSSR count). The third-order valence-corrected chi connectivity index (χ3v) is 5.11. The monoisotopic (exact) mass is 383 g/mol. The highest BCUT2D eigenvalue weighted by Gasteiger charge is 2.38. The van der Waals surface area contributed by atoms with Crippen LogP contribution in [0.3, 0.4) is 0 Å². The normalized spacial score (nSPS) is 13.4. The van der Waals surface area contributed by atoms with Gasteiger partial charge in [-0.1, -0.05) is 55.8 Å². The molecule has 29 heavy (non-hydrogen) atoms. The van der Waals surface area contributed by atoms with E-state index in [-0.39, 0.29) is 11.6 Å². The molecule has 0 unspecified atom stereocenters. The number of allylic oxidation sites excluding steroid dienone is 2. The van der Waals surface area contributed by atoms with E-state index in [0.29, 0.717) is 22.5 Å². The fourth-order valence-corrected chi connectivity index (χ4v) is 3.55. The van der Waals surface area contributed by atoms with Gasteiger partial charge < -0.3 is 5.32 Å². The summed E-state index contributed by atoms with van der Waals surface area (Å²) < 4.78 is 1.70. The number of rotatable bonds is 6. The van der Waals surface area contributed by atoms with E-state index in [2.05, 4.69) is 24.4 Å². The minimum Gasteiger partial charge on any atom is -0.347 e. The van der Waals surface area contributed by atoms with Crippen molar-refractivity contribution < 1.29 is 14.2 Å². The van der Waals surface area contributed by atoms with Crippen LogP contribution in [0.4, 0.5) is 5.69 Å². The molecular formula is C25H23N2O2+. The quantitative estimate of drug-likeness (QED) is 0.629. The minimum atomic E-state index is -0.179. The average Bonchev–Trinajstić information content (AvgIpc) is 2.77. The third kappa shape index (κ3) is 3.74. The Hall–Kier alpha value is -3.53. The summed E-state index contributed by atoms with van der Waals surface area (Å²) in [4.78, 5) is 26.5. The van der Waals surface area contributed by atoms with Crippen LogP contribution in [0.15, 0.2) is 84.8 Å². The van der Waals surface area contributed by atoms with Crippen LogP contribution in [0.2, 0.25) is 0 Å². The first-order valence-corrected chi connectivity index (χ1v) is 9.94. The molecule has 144 valence electrons. The Morgan fingerprint density at radius 3 is 2.10 bits per heavy atom. The van der Waals surface area contributed by atoms with Crippen molar-refractivity contribution in [3.05, 3.63) is 102 Å². The molecule has 1 aromatic heterocycles. The van der Waals surface area contributed by atoms with E-state index in [4.69, 9.17) is 0 Å². The van der Waals surface area contributed by atoms with Gasteiger partial charge in [-0.2, -0.15) is 4.57 Å². The van der Waals surface area contributed by atoms with Gasteiger partial charge in [0.2, 0.25) is 5.78 Å². The van der Waals surface area contributed by atoms with Crippen molar-refractivity contribution in [3.8, 4) is 0 Å². The molecule has 0 saturated carbocycles. The molecule has 1 N–H and O–H groups in total. The SMILES string of the molecule is CCCCc1ccc(NC2=C([n+]3ccccc3)C(=O)c3ccccc3C2=O)cc1. The Morgan fingerprint density at radius 1 is 0.793 bits per heavy atom. The summed E-state index contributed by atoms with van der Waals surface area (Å²) in [6.07, 6.45) is 6.90. The zero-order chi connectivity index (χ0) is 20.2. The number of nitrogens with zero attached hydrogens (tertiary/aromatic N) is 1. The molecule has 1 aliphatic carbocycles. The van der Waals surface area contributed by atoms with E-state index >= 15 is 0 Å². The predicted octanol–water partition coefficient (Wildman–Crippen LogP) is 4.68. The number of hydrogen-bond acceptors (Lipinski definition) is 3. The Balaban J connectivity index is 1.76. The second-order valence-electron chi connectivity index (χ2n) is 7.14. The van der Waals surface area contributed by atoms with Crippen LogP contribution in [0.25, 0.3) is 5.70 Å².